The molecule has 10 rings (SSSR count). The number of nitrogens with zero attached hydrogens (tertiary/aromatic N) is 4. The standard InChI is InChI=1S/C35H32Cl2FN5O.C6H10O4/c1-16-22-14-28(27-13-19-12-26(19)42(27)35(44)17-7-8-17)43(33-20-11-25(33)40-15-20)34(22)23-10-18(4-3-9-39)29(31(38)32(23)41-16)21-5-2-6-24(36)30(21)37;7-5(8)3-1-2-4-6(9)10/h2,5-6,10,14,17,19-20,25-27,33,40H,3-4,7-8,11-13,15H2,1H3;1-4H2,(H,7,8)(H,9,10)/t19-,20-,25-,26-,27-,33+;/m1./s1. The molecule has 3 aliphatic carbocycles. The van der Waals surface area contributed by atoms with Gasteiger partial charge in [0.2, 0.25) is 5.91 Å². The van der Waals surface area contributed by atoms with E-state index in [0.717, 1.165) is 60.6 Å². The number of likely N-dealkylation sites (tertiary alicyclic amines) is 1. The minimum Gasteiger partial charge on any atom is -0.481 e. The van der Waals surface area contributed by atoms with Gasteiger partial charge in [-0.1, -0.05) is 35.3 Å². The first-order chi connectivity index (χ1) is 26.0. The molecular weight excluding hydrogens is 732 g/mol. The molecule has 3 saturated carbocycles. The molecule has 282 valence electrons. The van der Waals surface area contributed by atoms with Gasteiger partial charge in [-0.25, -0.2) is 9.37 Å². The molecule has 0 radical (unpaired) electrons. The summed E-state index contributed by atoms with van der Waals surface area (Å²) < 4.78 is 19.4. The SMILES string of the molecule is Cc1nc2c(F)c(-c3cccc(Cl)c3Cl)c(CCC#N)cc2c2c1cc([C@H]1C[C@H]3C[C@H]3N1C(=O)C1CC1)n2[C@H]1[C@H]2CN[C@@H]1C2.O=C(O)CCCCC(=O)O. The van der Waals surface area contributed by atoms with Crippen LogP contribution in [-0.2, 0) is 20.8 Å². The van der Waals surface area contributed by atoms with Crippen molar-refractivity contribution in [2.45, 2.75) is 102 Å². The van der Waals surface area contributed by atoms with Crippen LogP contribution in [0, 0.1) is 41.8 Å². The Morgan fingerprint density at radius 2 is 1.78 bits per heavy atom. The van der Waals surface area contributed by atoms with Crippen molar-refractivity contribution in [3.63, 3.8) is 0 Å². The highest BCUT2D eigenvalue weighted by Crippen LogP contribution is 2.57. The quantitative estimate of drug-likeness (QED) is 0.129. The number of carboxylic acid groups (broad SMARTS) is 2. The van der Waals surface area contributed by atoms with Gasteiger partial charge in [-0.15, -0.1) is 0 Å². The molecule has 2 bridgehead atoms. The Kier molecular flexibility index (Phi) is 9.82. The predicted molar refractivity (Wildman–Crippen MR) is 203 cm³/mol. The lowest BCUT2D eigenvalue weighted by Gasteiger charge is -2.40. The molecule has 10 nitrogen and oxygen atoms in total. The molecule has 2 aromatic carbocycles. The number of hydrogen-bond acceptors (Lipinski definition) is 6. The largest absolute Gasteiger partial charge is 0.481 e. The number of halogens is 3. The van der Waals surface area contributed by atoms with Gasteiger partial charge < -0.3 is 25.0 Å². The van der Waals surface area contributed by atoms with Gasteiger partial charge in [0.15, 0.2) is 5.82 Å². The second-order valence-electron chi connectivity index (χ2n) is 15.6. The minimum atomic E-state index is -0.870. The maximum absolute atomic E-state index is 17.0. The van der Waals surface area contributed by atoms with Crippen molar-refractivity contribution < 1.29 is 29.0 Å². The average molecular weight is 775 g/mol. The third kappa shape index (κ3) is 6.50. The Morgan fingerprint density at radius 1 is 1.04 bits per heavy atom. The normalized spacial score (nSPS) is 24.8. The summed E-state index contributed by atoms with van der Waals surface area (Å²) in [6, 6.07) is 12.7. The summed E-state index contributed by atoms with van der Waals surface area (Å²) in [5, 5.41) is 31.9. The number of carbonyl (C=O) groups is 3. The number of aromatic nitrogens is 2. The van der Waals surface area contributed by atoms with Gasteiger partial charge in [-0.2, -0.15) is 5.26 Å². The Morgan fingerprint density at radius 3 is 2.41 bits per heavy atom. The fourth-order valence-corrected chi connectivity index (χ4v) is 9.62. The molecule has 3 aliphatic heterocycles. The van der Waals surface area contributed by atoms with Crippen molar-refractivity contribution in [3.05, 3.63) is 63.1 Å². The first-order valence-corrected chi connectivity index (χ1v) is 19.7. The van der Waals surface area contributed by atoms with Gasteiger partial charge in [0.05, 0.1) is 33.7 Å². The molecule has 0 spiro atoms. The van der Waals surface area contributed by atoms with Crippen LogP contribution in [0.1, 0.15) is 93.2 Å². The minimum absolute atomic E-state index is 0.0288. The van der Waals surface area contributed by atoms with Crippen LogP contribution in [0.2, 0.25) is 10.0 Å². The number of aliphatic carboxylic acids is 2. The number of nitrogens with one attached hydrogen (secondary N) is 1. The van der Waals surface area contributed by atoms with Crippen molar-refractivity contribution in [1.29, 1.82) is 5.26 Å². The topological polar surface area (TPSA) is 149 Å². The van der Waals surface area contributed by atoms with Crippen LogP contribution in [0.15, 0.2) is 30.3 Å². The van der Waals surface area contributed by atoms with Gasteiger partial charge >= 0.3 is 11.9 Å². The molecule has 6 fully saturated rings. The smallest absolute Gasteiger partial charge is 0.303 e. The van der Waals surface area contributed by atoms with Gasteiger partial charge in [0.25, 0.3) is 0 Å². The van der Waals surface area contributed by atoms with Gasteiger partial charge in [-0.05, 0) is 93.9 Å². The van der Waals surface area contributed by atoms with E-state index >= 15 is 4.39 Å². The molecular formula is C41H42Cl2FN5O5. The van der Waals surface area contributed by atoms with E-state index in [-0.39, 0.29) is 42.3 Å². The van der Waals surface area contributed by atoms with Crippen molar-refractivity contribution in [2.75, 3.05) is 6.54 Å². The monoisotopic (exact) mass is 773 g/mol. The van der Waals surface area contributed by atoms with Crippen LogP contribution >= 0.6 is 23.2 Å². The highest BCUT2D eigenvalue weighted by Gasteiger charge is 2.58. The number of carboxylic acids is 2. The first kappa shape index (κ1) is 36.7. The number of amides is 1. The number of aryl methyl sites for hydroxylation is 2. The number of benzene rings is 2. The van der Waals surface area contributed by atoms with E-state index in [4.69, 9.17) is 38.4 Å². The van der Waals surface area contributed by atoms with E-state index in [1.165, 1.54) is 5.69 Å². The highest BCUT2D eigenvalue weighted by molar-refractivity contribution is 6.43. The number of hydrogen-bond donors (Lipinski definition) is 3. The fraction of sp³-hybridized carbons (Fsp3) is 0.488. The van der Waals surface area contributed by atoms with Gasteiger partial charge in [-0.3, -0.25) is 14.4 Å². The summed E-state index contributed by atoms with van der Waals surface area (Å²) in [5.74, 6) is -0.625. The maximum atomic E-state index is 17.0. The Hall–Kier alpha value is -4.24. The number of nitriles is 1. The number of piperidine rings is 1. The lowest BCUT2D eigenvalue weighted by Crippen LogP contribution is -2.41. The third-order valence-corrected chi connectivity index (χ3v) is 12.9. The summed E-state index contributed by atoms with van der Waals surface area (Å²) in [6.07, 6.45) is 6.85. The Labute approximate surface area is 322 Å². The molecule has 3 N–H and O–H groups in total. The van der Waals surface area contributed by atoms with Crippen LogP contribution < -0.4 is 5.32 Å². The molecule has 1 amide bonds. The van der Waals surface area contributed by atoms with Crippen molar-refractivity contribution >= 4 is 62.9 Å². The number of pyridine rings is 1. The molecule has 6 atom stereocenters. The first-order valence-electron chi connectivity index (χ1n) is 18.9. The zero-order chi connectivity index (χ0) is 38.0. The second-order valence-corrected chi connectivity index (χ2v) is 16.4. The lowest BCUT2D eigenvalue weighted by molar-refractivity contribution is -0.139. The molecule has 5 heterocycles. The summed E-state index contributed by atoms with van der Waals surface area (Å²) in [4.78, 5) is 40.5. The van der Waals surface area contributed by atoms with E-state index in [9.17, 15) is 19.6 Å². The van der Waals surface area contributed by atoms with E-state index in [1.54, 1.807) is 18.2 Å². The van der Waals surface area contributed by atoms with Crippen molar-refractivity contribution in [2.24, 2.45) is 17.8 Å². The third-order valence-electron chi connectivity index (χ3n) is 12.1. The molecule has 54 heavy (non-hydrogen) atoms. The predicted octanol–water partition coefficient (Wildman–Crippen LogP) is 8.39. The highest BCUT2D eigenvalue weighted by atomic mass is 35.5. The van der Waals surface area contributed by atoms with E-state index in [1.807, 2.05) is 13.0 Å². The number of carbonyl (C=O) groups excluding carboxylic acids is 1. The molecule has 0 unspecified atom stereocenters. The summed E-state index contributed by atoms with van der Waals surface area (Å²) in [5.41, 5.74) is 4.79. The van der Waals surface area contributed by atoms with Crippen LogP contribution in [0.5, 0.6) is 0 Å². The van der Waals surface area contributed by atoms with Crippen molar-refractivity contribution in [1.82, 2.24) is 19.8 Å². The van der Waals surface area contributed by atoms with Crippen LogP contribution in [0.4, 0.5) is 4.39 Å². The number of rotatable bonds is 11. The summed E-state index contributed by atoms with van der Waals surface area (Å²) in [7, 11) is 0. The van der Waals surface area contributed by atoms with E-state index in [2.05, 4.69) is 26.9 Å². The second kappa shape index (κ2) is 14.4. The van der Waals surface area contributed by atoms with E-state index < -0.39 is 17.8 Å². The maximum Gasteiger partial charge on any atom is 0.303 e. The van der Waals surface area contributed by atoms with Crippen LogP contribution in [-0.4, -0.2) is 61.1 Å². The lowest BCUT2D eigenvalue weighted by atomic mass is 9.79. The molecule has 4 aromatic rings. The number of fused-ring (bicyclic) bond motifs is 5. The van der Waals surface area contributed by atoms with E-state index in [0.29, 0.717) is 76.3 Å². The fourth-order valence-electron chi connectivity index (χ4n) is 9.23. The average Bonchev–Trinajstić information content (AvgIpc) is 3.91. The van der Waals surface area contributed by atoms with Crippen LogP contribution in [0.3, 0.4) is 0 Å². The van der Waals surface area contributed by atoms with Gasteiger partial charge in [0, 0.05) is 77.1 Å². The molecule has 13 heteroatoms. The summed E-state index contributed by atoms with van der Waals surface area (Å²) in [6.45, 7) is 2.92. The zero-order valence-corrected chi connectivity index (χ0v) is 31.5. The Bertz CT molecular complexity index is 2220. The number of unbranched alkanes of at least 4 members (excludes halogenated alkanes) is 1. The summed E-state index contributed by atoms with van der Waals surface area (Å²) >= 11 is 13.0. The zero-order valence-electron chi connectivity index (χ0n) is 30.0. The van der Waals surface area contributed by atoms with Crippen LogP contribution in [0.25, 0.3) is 32.9 Å². The Balaban J connectivity index is 0.000000366. The molecule has 6 aliphatic rings. The molecule has 3 saturated heterocycles. The van der Waals surface area contributed by atoms with Gasteiger partial charge in [0.1, 0.15) is 5.52 Å². The molecule has 2 aromatic heterocycles. The van der Waals surface area contributed by atoms with Crippen molar-refractivity contribution in [3.8, 4) is 17.2 Å².